The summed E-state index contributed by atoms with van der Waals surface area (Å²) < 4.78 is 40.4. The molecular formula is C20H16F3N3O2S2. The van der Waals surface area contributed by atoms with Crippen molar-refractivity contribution in [2.75, 3.05) is 16.4 Å². The lowest BCUT2D eigenvalue weighted by molar-refractivity contribution is -0.116. The zero-order valence-electron chi connectivity index (χ0n) is 15.7. The van der Waals surface area contributed by atoms with E-state index in [1.54, 1.807) is 11.4 Å². The number of carbonyl (C=O) groups is 2. The summed E-state index contributed by atoms with van der Waals surface area (Å²) in [5.41, 5.74) is 0.944. The quantitative estimate of drug-likeness (QED) is 0.478. The molecule has 0 atom stereocenters. The Bertz CT molecular complexity index is 1090. The van der Waals surface area contributed by atoms with Crippen molar-refractivity contribution >= 4 is 45.7 Å². The Hall–Kier alpha value is -2.85. The number of carbonyl (C=O) groups excluding carboxylic acids is 2. The van der Waals surface area contributed by atoms with Gasteiger partial charge in [-0.05, 0) is 36.4 Å². The largest absolute Gasteiger partial charge is 0.326 e. The Morgan fingerprint density at radius 1 is 1.03 bits per heavy atom. The highest BCUT2D eigenvalue weighted by Gasteiger charge is 2.13. The molecule has 1 aromatic heterocycles. The fourth-order valence-corrected chi connectivity index (χ4v) is 4.07. The molecular weight excluding hydrogens is 435 g/mol. The van der Waals surface area contributed by atoms with Gasteiger partial charge < -0.3 is 10.6 Å². The first-order valence-electron chi connectivity index (χ1n) is 8.72. The van der Waals surface area contributed by atoms with Crippen LogP contribution in [-0.2, 0) is 9.59 Å². The van der Waals surface area contributed by atoms with Gasteiger partial charge in [-0.3, -0.25) is 9.59 Å². The third-order valence-corrected chi connectivity index (χ3v) is 5.56. The van der Waals surface area contributed by atoms with Crippen molar-refractivity contribution in [1.29, 1.82) is 0 Å². The zero-order chi connectivity index (χ0) is 21.7. The van der Waals surface area contributed by atoms with Gasteiger partial charge in [-0.2, -0.15) is 0 Å². The minimum atomic E-state index is -0.933. The molecule has 0 bridgehead atoms. The second-order valence-corrected chi connectivity index (χ2v) is 8.16. The summed E-state index contributed by atoms with van der Waals surface area (Å²) in [5.74, 6) is -2.63. The van der Waals surface area contributed by atoms with E-state index >= 15 is 0 Å². The summed E-state index contributed by atoms with van der Waals surface area (Å²) in [5, 5.41) is 7.07. The summed E-state index contributed by atoms with van der Waals surface area (Å²) in [6.07, 6.45) is 0.137. The van der Waals surface area contributed by atoms with Crippen molar-refractivity contribution in [3.05, 3.63) is 59.2 Å². The number of thiazole rings is 1. The van der Waals surface area contributed by atoms with Crippen molar-refractivity contribution in [3.63, 3.8) is 0 Å². The first kappa shape index (κ1) is 21.8. The first-order valence-corrected chi connectivity index (χ1v) is 10.6. The number of amides is 2. The van der Waals surface area contributed by atoms with E-state index in [0.717, 1.165) is 23.5 Å². The third kappa shape index (κ3) is 5.83. The number of benzene rings is 2. The number of hydrogen-bond acceptors (Lipinski definition) is 5. The van der Waals surface area contributed by atoms with Gasteiger partial charge in [-0.25, -0.2) is 18.2 Å². The van der Waals surface area contributed by atoms with E-state index < -0.39 is 17.5 Å². The summed E-state index contributed by atoms with van der Waals surface area (Å²) in [6.45, 7) is 1.33. The van der Waals surface area contributed by atoms with E-state index in [0.29, 0.717) is 27.2 Å². The summed E-state index contributed by atoms with van der Waals surface area (Å²) in [4.78, 5) is 27.9. The van der Waals surface area contributed by atoms with Crippen LogP contribution in [0.15, 0.2) is 46.7 Å². The molecule has 0 aliphatic rings. The molecule has 156 valence electrons. The second-order valence-electron chi connectivity index (χ2n) is 6.14. The molecule has 0 aliphatic carbocycles. The minimum Gasteiger partial charge on any atom is -0.326 e. The highest BCUT2D eigenvalue weighted by Crippen LogP contribution is 2.29. The zero-order valence-corrected chi connectivity index (χ0v) is 17.3. The van der Waals surface area contributed by atoms with Crippen LogP contribution >= 0.6 is 23.1 Å². The van der Waals surface area contributed by atoms with E-state index in [9.17, 15) is 22.8 Å². The maximum Gasteiger partial charge on any atom is 0.226 e. The lowest BCUT2D eigenvalue weighted by Crippen LogP contribution is -2.12. The summed E-state index contributed by atoms with van der Waals surface area (Å²) >= 11 is 2.38. The molecule has 30 heavy (non-hydrogen) atoms. The van der Waals surface area contributed by atoms with Crippen molar-refractivity contribution in [3.8, 4) is 11.3 Å². The Morgan fingerprint density at radius 3 is 2.53 bits per heavy atom. The van der Waals surface area contributed by atoms with Gasteiger partial charge in [-0.1, -0.05) is 0 Å². The number of hydrogen-bond donors (Lipinski definition) is 2. The standard InChI is InChI=1S/C20H16F3N3O2S2/c1-11(27)24-12-2-4-14(16(22)8-12)18-10-30-20(25-18)26-19(28)6-7-29-13-3-5-15(21)17(23)9-13/h2-5,8-10H,6-7H2,1H3,(H,24,27)(H,25,26,28). The fraction of sp³-hybridized carbons (Fsp3) is 0.150. The topological polar surface area (TPSA) is 71.1 Å². The number of anilines is 2. The number of thioether (sulfide) groups is 1. The molecule has 0 spiro atoms. The maximum atomic E-state index is 14.3. The van der Waals surface area contributed by atoms with Gasteiger partial charge in [0.1, 0.15) is 5.82 Å². The van der Waals surface area contributed by atoms with Crippen LogP contribution in [0.4, 0.5) is 24.0 Å². The van der Waals surface area contributed by atoms with Gasteiger partial charge in [0.25, 0.3) is 0 Å². The highest BCUT2D eigenvalue weighted by atomic mass is 32.2. The maximum absolute atomic E-state index is 14.3. The number of aromatic nitrogens is 1. The molecule has 0 saturated heterocycles. The monoisotopic (exact) mass is 451 g/mol. The first-order chi connectivity index (χ1) is 14.3. The molecule has 0 fully saturated rings. The molecule has 2 N–H and O–H groups in total. The third-order valence-electron chi connectivity index (χ3n) is 3.80. The molecule has 0 radical (unpaired) electrons. The van der Waals surface area contributed by atoms with Crippen molar-refractivity contribution in [1.82, 2.24) is 4.98 Å². The van der Waals surface area contributed by atoms with Gasteiger partial charge >= 0.3 is 0 Å². The highest BCUT2D eigenvalue weighted by molar-refractivity contribution is 7.99. The van der Waals surface area contributed by atoms with Crippen LogP contribution < -0.4 is 10.6 Å². The molecule has 2 amide bonds. The number of nitrogens with zero attached hydrogens (tertiary/aromatic N) is 1. The predicted molar refractivity (Wildman–Crippen MR) is 112 cm³/mol. The summed E-state index contributed by atoms with van der Waals surface area (Å²) in [6, 6.07) is 7.82. The lowest BCUT2D eigenvalue weighted by atomic mass is 10.1. The lowest BCUT2D eigenvalue weighted by Gasteiger charge is -2.05. The minimum absolute atomic E-state index is 0.137. The number of rotatable bonds is 7. The van der Waals surface area contributed by atoms with E-state index in [1.807, 2.05) is 0 Å². The van der Waals surface area contributed by atoms with E-state index in [4.69, 9.17) is 0 Å². The van der Waals surface area contributed by atoms with Crippen molar-refractivity contribution in [2.24, 2.45) is 0 Å². The van der Waals surface area contributed by atoms with E-state index in [2.05, 4.69) is 15.6 Å². The average Bonchev–Trinajstić information content (AvgIpc) is 3.12. The van der Waals surface area contributed by atoms with E-state index in [1.165, 1.54) is 36.9 Å². The van der Waals surface area contributed by atoms with Crippen molar-refractivity contribution < 1.29 is 22.8 Å². The van der Waals surface area contributed by atoms with Crippen LogP contribution in [-0.4, -0.2) is 22.6 Å². The Balaban J connectivity index is 1.55. The molecule has 0 aliphatic heterocycles. The molecule has 1 heterocycles. The van der Waals surface area contributed by atoms with Crippen LogP contribution in [0.1, 0.15) is 13.3 Å². The van der Waals surface area contributed by atoms with Crippen LogP contribution in [0.25, 0.3) is 11.3 Å². The predicted octanol–water partition coefficient (Wildman–Crippen LogP) is 5.31. The van der Waals surface area contributed by atoms with Gasteiger partial charge in [0.2, 0.25) is 11.8 Å². The molecule has 10 heteroatoms. The fourth-order valence-electron chi connectivity index (χ4n) is 2.47. The Kier molecular flexibility index (Phi) is 7.11. The van der Waals surface area contributed by atoms with Crippen LogP contribution in [0.5, 0.6) is 0 Å². The van der Waals surface area contributed by atoms with Crippen molar-refractivity contribution in [2.45, 2.75) is 18.2 Å². The van der Waals surface area contributed by atoms with Crippen LogP contribution in [0, 0.1) is 17.5 Å². The van der Waals surface area contributed by atoms with Gasteiger partial charge in [0, 0.05) is 40.6 Å². The number of nitrogens with one attached hydrogen (secondary N) is 2. The molecule has 2 aromatic carbocycles. The van der Waals surface area contributed by atoms with Gasteiger partial charge in [0.15, 0.2) is 16.8 Å². The SMILES string of the molecule is CC(=O)Nc1ccc(-c2csc(NC(=O)CCSc3ccc(F)c(F)c3)n2)c(F)c1. The Morgan fingerprint density at radius 2 is 1.83 bits per heavy atom. The smallest absolute Gasteiger partial charge is 0.226 e. The molecule has 0 saturated carbocycles. The molecule has 0 unspecified atom stereocenters. The molecule has 3 rings (SSSR count). The molecule has 5 nitrogen and oxygen atoms in total. The van der Waals surface area contributed by atoms with Gasteiger partial charge in [0.05, 0.1) is 5.69 Å². The number of halogens is 3. The average molecular weight is 451 g/mol. The van der Waals surface area contributed by atoms with Crippen LogP contribution in [0.2, 0.25) is 0 Å². The second kappa shape index (κ2) is 9.77. The molecule has 3 aromatic rings. The summed E-state index contributed by atoms with van der Waals surface area (Å²) in [7, 11) is 0. The Labute approximate surface area is 178 Å². The van der Waals surface area contributed by atoms with Gasteiger partial charge in [-0.15, -0.1) is 23.1 Å². The van der Waals surface area contributed by atoms with E-state index in [-0.39, 0.29) is 23.8 Å². The normalized spacial score (nSPS) is 10.7. The van der Waals surface area contributed by atoms with Crippen LogP contribution in [0.3, 0.4) is 0 Å².